The van der Waals surface area contributed by atoms with Crippen molar-refractivity contribution >= 4 is 27.0 Å². The third-order valence-electron chi connectivity index (χ3n) is 5.40. The number of sulfonamides is 1. The molecule has 1 heterocycles. The van der Waals surface area contributed by atoms with E-state index < -0.39 is 10.0 Å². The predicted molar refractivity (Wildman–Crippen MR) is 82.1 cm³/mol. The van der Waals surface area contributed by atoms with Crippen LogP contribution >= 0.6 is 11.3 Å². The first kappa shape index (κ1) is 14.4. The highest BCUT2D eigenvalue weighted by Crippen LogP contribution is 2.62. The maximum absolute atomic E-state index is 12.6. The summed E-state index contributed by atoms with van der Waals surface area (Å²) in [5, 5.41) is 1.67. The van der Waals surface area contributed by atoms with Gasteiger partial charge >= 0.3 is 0 Å². The number of nitrogens with one attached hydrogen (secondary N) is 1. The largest absolute Gasteiger partial charge is 0.398 e. The first-order valence-electron chi connectivity index (χ1n) is 7.01. The smallest absolute Gasteiger partial charge is 0.250 e. The molecule has 112 valence electrons. The van der Waals surface area contributed by atoms with Gasteiger partial charge < -0.3 is 5.73 Å². The van der Waals surface area contributed by atoms with E-state index >= 15 is 0 Å². The molecule has 2 aliphatic carbocycles. The summed E-state index contributed by atoms with van der Waals surface area (Å²) in [5.74, 6) is 0.619. The van der Waals surface area contributed by atoms with Crippen molar-refractivity contribution in [3.05, 3.63) is 11.4 Å². The second kappa shape index (κ2) is 4.21. The van der Waals surface area contributed by atoms with Crippen molar-refractivity contribution in [2.24, 2.45) is 16.7 Å². The first-order valence-corrected chi connectivity index (χ1v) is 9.38. The molecule has 0 spiro atoms. The Morgan fingerprint density at radius 2 is 2.10 bits per heavy atom. The summed E-state index contributed by atoms with van der Waals surface area (Å²) in [6, 6.07) is 1.54. The van der Waals surface area contributed by atoms with Crippen molar-refractivity contribution in [2.45, 2.75) is 50.3 Å². The van der Waals surface area contributed by atoms with Crippen molar-refractivity contribution in [2.75, 3.05) is 5.73 Å². The molecule has 1 aromatic heterocycles. The SMILES string of the molecule is CC12CCC(C1)C(C)(C)C2NS(=O)(=O)c1cc(N)cs1. The third-order valence-corrected chi connectivity index (χ3v) is 8.28. The van der Waals surface area contributed by atoms with Gasteiger partial charge in [-0.05, 0) is 42.1 Å². The molecule has 20 heavy (non-hydrogen) atoms. The van der Waals surface area contributed by atoms with Crippen LogP contribution in [0.15, 0.2) is 15.7 Å². The van der Waals surface area contributed by atoms with Crippen LogP contribution in [0.5, 0.6) is 0 Å². The highest BCUT2D eigenvalue weighted by Gasteiger charge is 2.60. The highest BCUT2D eigenvalue weighted by molar-refractivity contribution is 7.91. The minimum absolute atomic E-state index is 0.00192. The van der Waals surface area contributed by atoms with E-state index in [1.54, 1.807) is 5.38 Å². The lowest BCUT2D eigenvalue weighted by atomic mass is 9.69. The Kier molecular flexibility index (Phi) is 3.02. The molecule has 2 saturated carbocycles. The minimum atomic E-state index is -3.47. The monoisotopic (exact) mass is 314 g/mol. The Labute approximate surface area is 124 Å². The number of hydrogen-bond acceptors (Lipinski definition) is 4. The molecular weight excluding hydrogens is 292 g/mol. The van der Waals surface area contributed by atoms with Crippen molar-refractivity contribution < 1.29 is 8.42 Å². The lowest BCUT2D eigenvalue weighted by Gasteiger charge is -2.42. The molecule has 0 aromatic carbocycles. The van der Waals surface area contributed by atoms with Gasteiger partial charge in [0.05, 0.1) is 0 Å². The van der Waals surface area contributed by atoms with Gasteiger partial charge in [-0.25, -0.2) is 13.1 Å². The van der Waals surface area contributed by atoms with Gasteiger partial charge in [-0.15, -0.1) is 11.3 Å². The lowest BCUT2D eigenvalue weighted by Crippen LogP contribution is -2.52. The Balaban J connectivity index is 1.91. The molecule has 0 aliphatic heterocycles. The van der Waals surface area contributed by atoms with Crippen LogP contribution in [0.3, 0.4) is 0 Å². The summed E-state index contributed by atoms with van der Waals surface area (Å²) < 4.78 is 28.4. The van der Waals surface area contributed by atoms with Crippen LogP contribution in [0.2, 0.25) is 0 Å². The zero-order valence-corrected chi connectivity index (χ0v) is 13.8. The fourth-order valence-electron chi connectivity index (χ4n) is 4.28. The van der Waals surface area contributed by atoms with E-state index in [0.29, 0.717) is 15.8 Å². The van der Waals surface area contributed by atoms with Crippen molar-refractivity contribution in [3.63, 3.8) is 0 Å². The van der Waals surface area contributed by atoms with Gasteiger partial charge in [-0.1, -0.05) is 20.8 Å². The molecule has 0 amide bonds. The van der Waals surface area contributed by atoms with E-state index in [-0.39, 0.29) is 16.9 Å². The van der Waals surface area contributed by atoms with Crippen LogP contribution in [0.1, 0.15) is 40.0 Å². The summed E-state index contributed by atoms with van der Waals surface area (Å²) >= 11 is 1.18. The molecule has 2 fully saturated rings. The van der Waals surface area contributed by atoms with Crippen LogP contribution in [-0.2, 0) is 10.0 Å². The average molecular weight is 314 g/mol. The summed E-state index contributed by atoms with van der Waals surface area (Å²) in [4.78, 5) is 0. The summed E-state index contributed by atoms with van der Waals surface area (Å²) in [7, 11) is -3.47. The van der Waals surface area contributed by atoms with Crippen molar-refractivity contribution in [1.82, 2.24) is 4.72 Å². The van der Waals surface area contributed by atoms with Crippen molar-refractivity contribution in [1.29, 1.82) is 0 Å². The standard InChI is InChI=1S/C14H22N2O2S2/c1-13(2)9-4-5-14(3,7-9)12(13)16-20(17,18)11-6-10(15)8-19-11/h6,8-9,12,16H,4-5,7,15H2,1-3H3. The summed E-state index contributed by atoms with van der Waals surface area (Å²) in [6.07, 6.45) is 3.45. The number of rotatable bonds is 3. The number of nitrogens with two attached hydrogens (primary N) is 1. The highest BCUT2D eigenvalue weighted by atomic mass is 32.2. The Morgan fingerprint density at radius 3 is 2.60 bits per heavy atom. The Bertz CT molecular complexity index is 631. The van der Waals surface area contributed by atoms with E-state index in [1.165, 1.54) is 23.8 Å². The van der Waals surface area contributed by atoms with Crippen LogP contribution in [-0.4, -0.2) is 14.5 Å². The van der Waals surface area contributed by atoms with Gasteiger partial charge in [-0.2, -0.15) is 0 Å². The molecule has 3 unspecified atom stereocenters. The van der Waals surface area contributed by atoms with E-state index in [9.17, 15) is 8.42 Å². The number of hydrogen-bond donors (Lipinski definition) is 2. The topological polar surface area (TPSA) is 72.2 Å². The predicted octanol–water partition coefficient (Wildman–Crippen LogP) is 2.82. The molecule has 2 aliphatic rings. The minimum Gasteiger partial charge on any atom is -0.398 e. The molecule has 3 N–H and O–H groups in total. The fraction of sp³-hybridized carbons (Fsp3) is 0.714. The van der Waals surface area contributed by atoms with E-state index in [4.69, 9.17) is 5.73 Å². The number of thiophene rings is 1. The molecule has 6 heteroatoms. The van der Waals surface area contributed by atoms with Gasteiger partial charge in [0.15, 0.2) is 0 Å². The van der Waals surface area contributed by atoms with Crippen LogP contribution in [0, 0.1) is 16.7 Å². The van der Waals surface area contributed by atoms with E-state index in [1.807, 2.05) is 0 Å². The Hall–Kier alpha value is -0.590. The molecule has 3 atom stereocenters. The third kappa shape index (κ3) is 2.00. The number of fused-ring (bicyclic) bond motifs is 2. The van der Waals surface area contributed by atoms with Crippen molar-refractivity contribution in [3.8, 4) is 0 Å². The maximum atomic E-state index is 12.6. The molecule has 1 aromatic rings. The zero-order valence-electron chi connectivity index (χ0n) is 12.1. The molecule has 3 rings (SSSR count). The Morgan fingerprint density at radius 1 is 1.40 bits per heavy atom. The van der Waals surface area contributed by atoms with Gasteiger partial charge in [0.2, 0.25) is 10.0 Å². The molecule has 0 saturated heterocycles. The maximum Gasteiger partial charge on any atom is 0.250 e. The molecule has 2 bridgehead atoms. The quantitative estimate of drug-likeness (QED) is 0.901. The number of nitrogen functional groups attached to an aromatic ring is 1. The van der Waals surface area contributed by atoms with Gasteiger partial charge in [0, 0.05) is 17.1 Å². The number of anilines is 1. The summed E-state index contributed by atoms with van der Waals surface area (Å²) in [6.45, 7) is 6.60. The van der Waals surface area contributed by atoms with Gasteiger partial charge in [0.1, 0.15) is 4.21 Å². The van der Waals surface area contributed by atoms with E-state index in [2.05, 4.69) is 25.5 Å². The average Bonchev–Trinajstić information content (AvgIpc) is 2.96. The van der Waals surface area contributed by atoms with Crippen LogP contribution in [0.4, 0.5) is 5.69 Å². The molecule has 0 radical (unpaired) electrons. The molecule has 4 nitrogen and oxygen atoms in total. The van der Waals surface area contributed by atoms with Crippen LogP contribution < -0.4 is 10.5 Å². The lowest BCUT2D eigenvalue weighted by molar-refractivity contribution is 0.127. The zero-order chi connectivity index (χ0) is 14.8. The second-order valence-electron chi connectivity index (χ2n) is 7.17. The second-order valence-corrected chi connectivity index (χ2v) is 10.0. The van der Waals surface area contributed by atoms with E-state index in [0.717, 1.165) is 12.8 Å². The van der Waals surface area contributed by atoms with Gasteiger partial charge in [-0.3, -0.25) is 0 Å². The normalized spacial score (nSPS) is 35.5. The summed E-state index contributed by atoms with van der Waals surface area (Å²) in [5.41, 5.74) is 6.25. The van der Waals surface area contributed by atoms with Gasteiger partial charge in [0.25, 0.3) is 0 Å². The molecular formula is C14H22N2O2S2. The fourth-order valence-corrected chi connectivity index (χ4v) is 6.91. The van der Waals surface area contributed by atoms with Crippen LogP contribution in [0.25, 0.3) is 0 Å². The first-order chi connectivity index (χ1) is 9.15.